The summed E-state index contributed by atoms with van der Waals surface area (Å²) in [5.41, 5.74) is 0.694. The number of anilines is 1. The number of pyridine rings is 1. The number of piperidine rings is 1. The molecule has 0 aliphatic carbocycles. The molecule has 0 spiro atoms. The molecular weight excluding hydrogens is 314 g/mol. The van der Waals surface area contributed by atoms with Gasteiger partial charge >= 0.3 is 0 Å². The molecular formula is C19H25N5O. The molecule has 4 rings (SSSR count). The van der Waals surface area contributed by atoms with Gasteiger partial charge in [-0.05, 0) is 44.7 Å². The van der Waals surface area contributed by atoms with Gasteiger partial charge < -0.3 is 14.8 Å². The van der Waals surface area contributed by atoms with Crippen molar-refractivity contribution in [1.82, 2.24) is 19.9 Å². The molecule has 1 amide bonds. The third kappa shape index (κ3) is 3.38. The van der Waals surface area contributed by atoms with Gasteiger partial charge in [0.1, 0.15) is 11.6 Å². The molecule has 0 saturated carbocycles. The van der Waals surface area contributed by atoms with Crippen LogP contribution in [0.4, 0.5) is 5.82 Å². The van der Waals surface area contributed by atoms with Gasteiger partial charge in [0.05, 0.1) is 0 Å². The second-order valence-corrected chi connectivity index (χ2v) is 7.15. The van der Waals surface area contributed by atoms with Crippen LogP contribution in [-0.2, 0) is 13.0 Å². The predicted octanol–water partition coefficient (Wildman–Crippen LogP) is 2.40. The van der Waals surface area contributed by atoms with Gasteiger partial charge in [-0.2, -0.15) is 0 Å². The molecule has 1 N–H and O–H groups in total. The Morgan fingerprint density at radius 1 is 1.24 bits per heavy atom. The summed E-state index contributed by atoms with van der Waals surface area (Å²) in [6.07, 6.45) is 11.1. The Morgan fingerprint density at radius 3 is 3.04 bits per heavy atom. The maximum Gasteiger partial charge on any atom is 0.251 e. The van der Waals surface area contributed by atoms with Crippen LogP contribution in [0.1, 0.15) is 48.8 Å². The normalized spacial score (nSPS) is 23.2. The van der Waals surface area contributed by atoms with Gasteiger partial charge in [0.25, 0.3) is 5.91 Å². The first-order chi connectivity index (χ1) is 12.2. The van der Waals surface area contributed by atoms with Gasteiger partial charge in [0.15, 0.2) is 0 Å². The number of hydrogen-bond acceptors (Lipinski definition) is 4. The van der Waals surface area contributed by atoms with Crippen LogP contribution in [0.5, 0.6) is 0 Å². The Balaban J connectivity index is 1.45. The van der Waals surface area contributed by atoms with Crippen molar-refractivity contribution in [2.24, 2.45) is 0 Å². The molecule has 6 heteroatoms. The maximum atomic E-state index is 12.7. The quantitative estimate of drug-likeness (QED) is 0.933. The minimum atomic E-state index is -0.0122. The Labute approximate surface area is 148 Å². The second-order valence-electron chi connectivity index (χ2n) is 7.15. The van der Waals surface area contributed by atoms with Crippen molar-refractivity contribution in [2.75, 3.05) is 11.4 Å². The summed E-state index contributed by atoms with van der Waals surface area (Å²) in [6.45, 7) is 4.05. The van der Waals surface area contributed by atoms with E-state index < -0.39 is 0 Å². The largest absolute Gasteiger partial charge is 0.354 e. The lowest BCUT2D eigenvalue weighted by Gasteiger charge is -2.34. The number of aromatic nitrogens is 3. The lowest BCUT2D eigenvalue weighted by molar-refractivity contribution is 0.0927. The molecule has 4 heterocycles. The standard InChI is InChI=1S/C19H25N5O/c1-14-4-2-3-10-24(14)18-12-15(7-8-20-18)19(25)22-16-5-6-17-21-9-11-23(17)13-16/h7-9,11-12,14,16H,2-6,10,13H2,1H3,(H,22,25)/t14-,16-/m0/s1. The van der Waals surface area contributed by atoms with E-state index in [4.69, 9.17) is 0 Å². The summed E-state index contributed by atoms with van der Waals surface area (Å²) in [4.78, 5) is 23.8. The molecule has 1 saturated heterocycles. The van der Waals surface area contributed by atoms with Gasteiger partial charge in [0, 0.05) is 55.7 Å². The van der Waals surface area contributed by atoms with Crippen molar-refractivity contribution < 1.29 is 4.79 Å². The number of nitrogens with zero attached hydrogens (tertiary/aromatic N) is 4. The number of carbonyl (C=O) groups excluding carboxylic acids is 1. The Kier molecular flexibility index (Phi) is 4.42. The third-order valence-electron chi connectivity index (χ3n) is 5.38. The number of aryl methyl sites for hydroxylation is 1. The molecule has 2 aromatic heterocycles. The SMILES string of the molecule is C[C@H]1CCCCN1c1cc(C(=O)N[C@H]2CCc3nccn3C2)ccn1. The predicted molar refractivity (Wildman–Crippen MR) is 96.7 cm³/mol. The summed E-state index contributed by atoms with van der Waals surface area (Å²) in [6, 6.07) is 4.37. The number of rotatable bonds is 3. The summed E-state index contributed by atoms with van der Waals surface area (Å²) < 4.78 is 2.13. The van der Waals surface area contributed by atoms with Crippen LogP contribution in [0, 0.1) is 0 Å². The fourth-order valence-electron chi connectivity index (χ4n) is 3.91. The molecule has 2 aliphatic rings. The Bertz CT molecular complexity index is 756. The Hall–Kier alpha value is -2.37. The first-order valence-electron chi connectivity index (χ1n) is 9.24. The zero-order chi connectivity index (χ0) is 17.2. The highest BCUT2D eigenvalue weighted by Gasteiger charge is 2.23. The number of amides is 1. The summed E-state index contributed by atoms with van der Waals surface area (Å²) >= 11 is 0. The van der Waals surface area contributed by atoms with Crippen molar-refractivity contribution in [2.45, 2.75) is 57.7 Å². The highest BCUT2D eigenvalue weighted by Crippen LogP contribution is 2.23. The number of hydrogen-bond donors (Lipinski definition) is 1. The van der Waals surface area contributed by atoms with Gasteiger partial charge in [0.2, 0.25) is 0 Å². The van der Waals surface area contributed by atoms with Crippen LogP contribution in [0.15, 0.2) is 30.7 Å². The lowest BCUT2D eigenvalue weighted by atomic mass is 10.0. The van der Waals surface area contributed by atoms with Crippen LogP contribution in [-0.4, -0.2) is 39.1 Å². The summed E-state index contributed by atoms with van der Waals surface area (Å²) in [5, 5.41) is 3.17. The Morgan fingerprint density at radius 2 is 2.16 bits per heavy atom. The smallest absolute Gasteiger partial charge is 0.251 e. The van der Waals surface area contributed by atoms with E-state index in [-0.39, 0.29) is 11.9 Å². The first-order valence-corrected chi connectivity index (χ1v) is 9.24. The fourth-order valence-corrected chi connectivity index (χ4v) is 3.91. The number of nitrogens with one attached hydrogen (secondary N) is 1. The molecule has 0 aromatic carbocycles. The maximum absolute atomic E-state index is 12.7. The fraction of sp³-hybridized carbons (Fsp3) is 0.526. The van der Waals surface area contributed by atoms with E-state index in [1.165, 1.54) is 19.3 Å². The van der Waals surface area contributed by atoms with E-state index in [1.807, 2.05) is 18.5 Å². The lowest BCUT2D eigenvalue weighted by Crippen LogP contribution is -2.41. The van der Waals surface area contributed by atoms with Crippen LogP contribution in [0.3, 0.4) is 0 Å². The summed E-state index contributed by atoms with van der Waals surface area (Å²) in [7, 11) is 0. The zero-order valence-corrected chi connectivity index (χ0v) is 14.7. The topological polar surface area (TPSA) is 63.1 Å². The molecule has 0 radical (unpaired) electrons. The third-order valence-corrected chi connectivity index (χ3v) is 5.38. The van der Waals surface area contributed by atoms with Crippen molar-refractivity contribution in [3.8, 4) is 0 Å². The van der Waals surface area contributed by atoms with E-state index in [9.17, 15) is 4.79 Å². The average Bonchev–Trinajstić information content (AvgIpc) is 3.10. The summed E-state index contributed by atoms with van der Waals surface area (Å²) in [5.74, 6) is 2.01. The molecule has 2 aliphatic heterocycles. The van der Waals surface area contributed by atoms with Crippen molar-refractivity contribution in [3.05, 3.63) is 42.1 Å². The molecule has 2 aromatic rings. The number of fused-ring (bicyclic) bond motifs is 1. The minimum Gasteiger partial charge on any atom is -0.354 e. The van der Waals surface area contributed by atoms with Gasteiger partial charge in [-0.1, -0.05) is 0 Å². The van der Waals surface area contributed by atoms with Crippen LogP contribution in [0.2, 0.25) is 0 Å². The second kappa shape index (κ2) is 6.86. The molecule has 132 valence electrons. The van der Waals surface area contributed by atoms with Gasteiger partial charge in [-0.25, -0.2) is 9.97 Å². The molecule has 2 atom stereocenters. The molecule has 25 heavy (non-hydrogen) atoms. The van der Waals surface area contributed by atoms with Gasteiger partial charge in [-0.3, -0.25) is 4.79 Å². The van der Waals surface area contributed by atoms with Crippen LogP contribution in [0.25, 0.3) is 0 Å². The number of imidazole rings is 1. The van der Waals surface area contributed by atoms with Crippen molar-refractivity contribution in [3.63, 3.8) is 0 Å². The van der Waals surface area contributed by atoms with Gasteiger partial charge in [-0.15, -0.1) is 0 Å². The molecule has 0 bridgehead atoms. The molecule has 1 fully saturated rings. The van der Waals surface area contributed by atoms with E-state index in [2.05, 4.69) is 31.7 Å². The number of carbonyl (C=O) groups is 1. The zero-order valence-electron chi connectivity index (χ0n) is 14.7. The highest BCUT2D eigenvalue weighted by atomic mass is 16.1. The van der Waals surface area contributed by atoms with E-state index in [0.29, 0.717) is 11.6 Å². The first kappa shape index (κ1) is 16.1. The van der Waals surface area contributed by atoms with E-state index in [0.717, 1.165) is 37.6 Å². The minimum absolute atomic E-state index is 0.0122. The van der Waals surface area contributed by atoms with Crippen LogP contribution < -0.4 is 10.2 Å². The highest BCUT2D eigenvalue weighted by molar-refractivity contribution is 5.95. The van der Waals surface area contributed by atoms with E-state index in [1.54, 1.807) is 12.3 Å². The van der Waals surface area contributed by atoms with Crippen molar-refractivity contribution in [1.29, 1.82) is 0 Å². The van der Waals surface area contributed by atoms with E-state index >= 15 is 0 Å². The van der Waals surface area contributed by atoms with Crippen molar-refractivity contribution >= 4 is 11.7 Å². The molecule has 0 unspecified atom stereocenters. The van der Waals surface area contributed by atoms with Crippen LogP contribution >= 0.6 is 0 Å². The monoisotopic (exact) mass is 339 g/mol. The average molecular weight is 339 g/mol. The molecule has 6 nitrogen and oxygen atoms in total.